The Hall–Kier alpha value is -2.40. The molecule has 2 heterocycles. The van der Waals surface area contributed by atoms with Crippen LogP contribution in [0.15, 0.2) is 23.3 Å². The zero-order valence-corrected chi connectivity index (χ0v) is 36.5. The number of ether oxygens (including phenoxy) is 2. The summed E-state index contributed by atoms with van der Waals surface area (Å²) in [6.45, 7) is 9.57. The lowest BCUT2D eigenvalue weighted by Crippen LogP contribution is -2.65. The first-order valence-electron chi connectivity index (χ1n) is 24.0. The molecular weight excluding hydrogens is 761 g/mol. The van der Waals surface area contributed by atoms with E-state index in [1.165, 1.54) is 0 Å². The van der Waals surface area contributed by atoms with Crippen molar-refractivity contribution in [3.63, 3.8) is 0 Å². The molecule has 0 spiro atoms. The van der Waals surface area contributed by atoms with E-state index in [1.54, 1.807) is 12.2 Å². The molecule has 18 atom stereocenters. The maximum absolute atomic E-state index is 14.8. The number of cyclic esters (lactones) is 2. The summed E-state index contributed by atoms with van der Waals surface area (Å²) in [6, 6.07) is 0. The van der Waals surface area contributed by atoms with Gasteiger partial charge in [0.15, 0.2) is 0 Å². The Morgan fingerprint density at radius 2 is 0.967 bits per heavy atom. The second-order valence-electron chi connectivity index (χ2n) is 23.1. The van der Waals surface area contributed by atoms with Gasteiger partial charge in [0.25, 0.3) is 0 Å². The fraction of sp³-hybridized carbons (Fsp3) is 0.840. The highest BCUT2D eigenvalue weighted by atomic mass is 16.5. The number of rotatable bonds is 7. The Morgan fingerprint density at radius 1 is 0.567 bits per heavy atom. The third-order valence-corrected chi connectivity index (χ3v) is 21.6. The second-order valence-corrected chi connectivity index (χ2v) is 23.1. The molecule has 8 fully saturated rings. The maximum atomic E-state index is 14.8. The zero-order chi connectivity index (χ0) is 42.4. The van der Waals surface area contributed by atoms with Gasteiger partial charge in [-0.2, -0.15) is 0 Å². The molecule has 4 N–H and O–H groups in total. The Balaban J connectivity index is 0.877. The molecule has 8 aliphatic carbocycles. The van der Waals surface area contributed by atoms with E-state index in [-0.39, 0.29) is 94.5 Å². The van der Waals surface area contributed by atoms with Crippen LogP contribution in [0.25, 0.3) is 0 Å². The van der Waals surface area contributed by atoms with Crippen molar-refractivity contribution in [1.29, 1.82) is 0 Å². The molecule has 0 saturated heterocycles. The van der Waals surface area contributed by atoms with Gasteiger partial charge in [0, 0.05) is 47.7 Å². The minimum atomic E-state index is -0.920. The number of ketones is 2. The lowest BCUT2D eigenvalue weighted by molar-refractivity contribution is -0.221. The average molecular weight is 831 g/mol. The maximum Gasteiger partial charge on any atom is 0.331 e. The van der Waals surface area contributed by atoms with Crippen molar-refractivity contribution >= 4 is 23.5 Å². The summed E-state index contributed by atoms with van der Waals surface area (Å²) in [5, 5.41) is 48.3. The van der Waals surface area contributed by atoms with Crippen molar-refractivity contribution in [2.45, 2.75) is 167 Å². The number of Topliss-reactive ketones (excluding diaryl/α,β-unsaturated/α-hetero) is 2. The van der Waals surface area contributed by atoms with E-state index in [1.807, 2.05) is 0 Å². The van der Waals surface area contributed by atoms with Crippen LogP contribution in [0, 0.1) is 80.8 Å². The summed E-state index contributed by atoms with van der Waals surface area (Å²) in [5.41, 5.74) is -1.42. The van der Waals surface area contributed by atoms with E-state index >= 15 is 0 Å². The Kier molecular flexibility index (Phi) is 9.74. The molecule has 2 unspecified atom stereocenters. The standard InChI is InChI=1S/C50H70O10/c1-45-15-11-35-37(49(45,57)17-13-33(45)27-19-43(55)59-25-27)7-5-29-21-31(51)23-39(47(29,35)3)41(53)9-10-42(54)40-24-32(52)22-30-6-8-38-36(48(30,40)4)12-16-46(2)34(14-18-50(38,46)58)28-20-44(56)60-26-28/h19-20,29-40,51-52,57-58H,5-18,21-26H2,1-4H3/t29-,30-,31+,32+,33-,34-,35+,36+,37-,38-,39?,40?,45-,46-,47+,48+,49+,50+/m1/s1. The van der Waals surface area contributed by atoms with Gasteiger partial charge in [-0.25, -0.2) is 9.59 Å². The van der Waals surface area contributed by atoms with E-state index in [9.17, 15) is 39.6 Å². The van der Waals surface area contributed by atoms with E-state index in [4.69, 9.17) is 9.47 Å². The van der Waals surface area contributed by atoms with Gasteiger partial charge in [0.2, 0.25) is 0 Å². The Bertz CT molecular complexity index is 1770. The molecule has 8 saturated carbocycles. The van der Waals surface area contributed by atoms with E-state index in [0.29, 0.717) is 51.7 Å². The topological polar surface area (TPSA) is 168 Å². The summed E-state index contributed by atoms with van der Waals surface area (Å²) in [7, 11) is 0. The quantitative estimate of drug-likeness (QED) is 0.206. The number of esters is 2. The van der Waals surface area contributed by atoms with E-state index < -0.39 is 46.1 Å². The second kappa shape index (κ2) is 14.0. The monoisotopic (exact) mass is 830 g/mol. The molecule has 0 aromatic heterocycles. The minimum absolute atomic E-state index is 0.0150. The number of aliphatic hydroxyl groups is 4. The van der Waals surface area contributed by atoms with Gasteiger partial charge < -0.3 is 29.9 Å². The van der Waals surface area contributed by atoms with Gasteiger partial charge in [0.1, 0.15) is 24.8 Å². The van der Waals surface area contributed by atoms with Crippen LogP contribution in [0.4, 0.5) is 0 Å². The minimum Gasteiger partial charge on any atom is -0.458 e. The third kappa shape index (κ3) is 5.56. The Labute approximate surface area is 355 Å². The van der Waals surface area contributed by atoms with Gasteiger partial charge in [-0.1, -0.05) is 27.7 Å². The number of hydrogen-bond acceptors (Lipinski definition) is 10. The van der Waals surface area contributed by atoms with Crippen LogP contribution in [0.5, 0.6) is 0 Å². The summed E-state index contributed by atoms with van der Waals surface area (Å²) < 4.78 is 10.7. The SMILES string of the molecule is C[C@]12C(C(=O)CCC(=O)C3C[C@@H](O)C[C@H]4CC[C@@H]5[C@H](CC[C@]6(C)[C@@H](C7=CC(=O)OC7)CC[C@]56O)[C@@]34C)C[C@@H](O)C[C@H]1CC[C@@H]1[C@@H]2CC[C@]2(C)[C@@H](C3=CC(=O)OC3)CC[C@]12O. The van der Waals surface area contributed by atoms with Crippen molar-refractivity contribution in [3.8, 4) is 0 Å². The lowest BCUT2D eigenvalue weighted by Gasteiger charge is -2.65. The number of carbonyl (C=O) groups is 4. The molecule has 2 aliphatic heterocycles. The van der Waals surface area contributed by atoms with Crippen molar-refractivity contribution < 1.29 is 49.1 Å². The molecule has 0 amide bonds. The summed E-state index contributed by atoms with van der Waals surface area (Å²) >= 11 is 0. The van der Waals surface area contributed by atoms with Crippen LogP contribution in [0.2, 0.25) is 0 Å². The molecule has 0 aromatic rings. The Morgan fingerprint density at radius 3 is 1.33 bits per heavy atom. The molecule has 330 valence electrons. The van der Waals surface area contributed by atoms with E-state index in [2.05, 4.69) is 27.7 Å². The van der Waals surface area contributed by atoms with Gasteiger partial charge >= 0.3 is 11.9 Å². The molecule has 10 aliphatic rings. The molecule has 10 nitrogen and oxygen atoms in total. The first kappa shape index (κ1) is 41.6. The number of aliphatic hydroxyl groups excluding tert-OH is 2. The molecule has 0 radical (unpaired) electrons. The fourth-order valence-electron chi connectivity index (χ4n) is 18.5. The van der Waals surface area contributed by atoms with Crippen molar-refractivity contribution in [2.75, 3.05) is 13.2 Å². The molecule has 60 heavy (non-hydrogen) atoms. The largest absolute Gasteiger partial charge is 0.458 e. The van der Waals surface area contributed by atoms with Crippen LogP contribution in [0.1, 0.15) is 143 Å². The molecular formula is C50H70O10. The summed E-state index contributed by atoms with van der Waals surface area (Å²) in [6.07, 6.45) is 14.2. The predicted octanol–water partition coefficient (Wildman–Crippen LogP) is 6.59. The van der Waals surface area contributed by atoms with Crippen LogP contribution in [0.3, 0.4) is 0 Å². The number of hydrogen-bond donors (Lipinski definition) is 4. The van der Waals surface area contributed by atoms with Crippen molar-refractivity contribution in [2.24, 2.45) is 80.8 Å². The average Bonchev–Trinajstić information content (AvgIpc) is 3.96. The lowest BCUT2D eigenvalue weighted by atomic mass is 9.40. The van der Waals surface area contributed by atoms with Crippen LogP contribution >= 0.6 is 0 Å². The normalized spacial score (nSPS) is 53.0. The fourth-order valence-corrected chi connectivity index (χ4v) is 18.5. The van der Waals surface area contributed by atoms with Crippen LogP contribution in [-0.2, 0) is 28.7 Å². The number of carbonyl (C=O) groups excluding carboxylic acids is 4. The van der Waals surface area contributed by atoms with Crippen LogP contribution in [-0.4, -0.2) is 80.6 Å². The third-order valence-electron chi connectivity index (χ3n) is 21.6. The number of fused-ring (bicyclic) bond motifs is 10. The molecule has 0 bridgehead atoms. The van der Waals surface area contributed by atoms with Gasteiger partial charge in [-0.3, -0.25) is 9.59 Å². The summed E-state index contributed by atoms with van der Waals surface area (Å²) in [4.78, 5) is 53.8. The first-order valence-corrected chi connectivity index (χ1v) is 24.0. The highest BCUT2D eigenvalue weighted by Crippen LogP contribution is 2.73. The van der Waals surface area contributed by atoms with Crippen LogP contribution < -0.4 is 0 Å². The molecule has 10 heteroatoms. The first-order chi connectivity index (χ1) is 28.4. The smallest absolute Gasteiger partial charge is 0.331 e. The summed E-state index contributed by atoms with van der Waals surface area (Å²) in [5.74, 6) is -0.558. The highest BCUT2D eigenvalue weighted by molar-refractivity contribution is 5.89. The molecule has 10 rings (SSSR count). The zero-order valence-electron chi connectivity index (χ0n) is 36.5. The van der Waals surface area contributed by atoms with Gasteiger partial charge in [-0.05, 0) is 172 Å². The molecule has 0 aromatic carbocycles. The van der Waals surface area contributed by atoms with Crippen molar-refractivity contribution in [1.82, 2.24) is 0 Å². The van der Waals surface area contributed by atoms with Crippen molar-refractivity contribution in [3.05, 3.63) is 23.3 Å². The predicted molar refractivity (Wildman–Crippen MR) is 220 cm³/mol. The van der Waals surface area contributed by atoms with Gasteiger partial charge in [0.05, 0.1) is 23.4 Å². The van der Waals surface area contributed by atoms with Gasteiger partial charge in [-0.15, -0.1) is 0 Å². The van der Waals surface area contributed by atoms with E-state index in [0.717, 1.165) is 75.4 Å². The highest BCUT2D eigenvalue weighted by Gasteiger charge is 2.71.